The van der Waals surface area contributed by atoms with Gasteiger partial charge in [-0.1, -0.05) is 90.9 Å². The van der Waals surface area contributed by atoms with E-state index in [1.807, 2.05) is 6.92 Å². The smallest absolute Gasteiger partial charge is 0.0540 e. The van der Waals surface area contributed by atoms with Crippen LogP contribution in [0.15, 0.2) is 0 Å². The highest BCUT2D eigenvalue weighted by Gasteiger charge is 2.04. The molecule has 0 bridgehead atoms. The van der Waals surface area contributed by atoms with Crippen molar-refractivity contribution in [2.75, 3.05) is 0 Å². The first-order valence-corrected chi connectivity index (χ1v) is 10.1. The third-order valence-corrected chi connectivity index (χ3v) is 4.69. The van der Waals surface area contributed by atoms with Gasteiger partial charge in [0.1, 0.15) is 0 Å². The summed E-state index contributed by atoms with van der Waals surface area (Å²) in [7, 11) is 0. The Morgan fingerprint density at radius 3 is 1.27 bits per heavy atom. The normalized spacial score (nSPS) is 14.2. The Balaban J connectivity index is 3.16. The van der Waals surface area contributed by atoms with Crippen LogP contribution in [0.3, 0.4) is 0 Å². The monoisotopic (exact) mass is 314 g/mol. The highest BCUT2D eigenvalue weighted by atomic mass is 16.3. The minimum absolute atomic E-state index is 0.0640. The number of rotatable bonds is 17. The molecule has 0 fully saturated rings. The predicted molar refractivity (Wildman–Crippen MR) is 97.2 cm³/mol. The van der Waals surface area contributed by atoms with Crippen LogP contribution in [0.25, 0.3) is 0 Å². The van der Waals surface area contributed by atoms with E-state index < -0.39 is 0 Å². The maximum atomic E-state index is 9.95. The van der Waals surface area contributed by atoms with Crippen molar-refractivity contribution >= 4 is 0 Å². The molecule has 134 valence electrons. The largest absolute Gasteiger partial charge is 0.393 e. The quantitative estimate of drug-likeness (QED) is 0.324. The zero-order valence-electron chi connectivity index (χ0n) is 15.4. The van der Waals surface area contributed by atoms with Gasteiger partial charge in [-0.2, -0.15) is 0 Å². The van der Waals surface area contributed by atoms with Gasteiger partial charge in [0.25, 0.3) is 0 Å². The molecular formula is C20H42O2. The molecule has 0 amide bonds. The van der Waals surface area contributed by atoms with Crippen molar-refractivity contribution < 1.29 is 10.2 Å². The van der Waals surface area contributed by atoms with Crippen molar-refractivity contribution in [3.63, 3.8) is 0 Å². The van der Waals surface area contributed by atoms with Gasteiger partial charge < -0.3 is 10.2 Å². The van der Waals surface area contributed by atoms with Gasteiger partial charge in [0, 0.05) is 0 Å². The fraction of sp³-hybridized carbons (Fsp3) is 1.00. The summed E-state index contributed by atoms with van der Waals surface area (Å²) in [6, 6.07) is 0. The summed E-state index contributed by atoms with van der Waals surface area (Å²) in [5.41, 5.74) is 0. The first-order chi connectivity index (χ1) is 10.7. The number of hydrogen-bond donors (Lipinski definition) is 2. The number of hydrogen-bond acceptors (Lipinski definition) is 2. The maximum absolute atomic E-state index is 9.95. The fourth-order valence-corrected chi connectivity index (χ4v) is 2.98. The third kappa shape index (κ3) is 16.3. The molecule has 0 aliphatic heterocycles. The number of aliphatic hydroxyl groups excluding tert-OH is 2. The molecule has 0 aromatic rings. The van der Waals surface area contributed by atoms with E-state index in [9.17, 15) is 10.2 Å². The van der Waals surface area contributed by atoms with Crippen molar-refractivity contribution in [2.24, 2.45) is 0 Å². The molecule has 0 aliphatic rings. The third-order valence-electron chi connectivity index (χ3n) is 4.69. The second kappa shape index (κ2) is 17.3. The van der Waals surface area contributed by atoms with Gasteiger partial charge in [0.15, 0.2) is 0 Å². The second-order valence-electron chi connectivity index (χ2n) is 6.97. The SMILES string of the molecule is CCCCCCCCC(O)CCCCCCCCC(O)CC. The molecular weight excluding hydrogens is 272 g/mol. The molecule has 2 unspecified atom stereocenters. The molecule has 22 heavy (non-hydrogen) atoms. The van der Waals surface area contributed by atoms with Crippen molar-refractivity contribution in [1.29, 1.82) is 0 Å². The van der Waals surface area contributed by atoms with Crippen molar-refractivity contribution in [3.8, 4) is 0 Å². The molecule has 0 aliphatic carbocycles. The van der Waals surface area contributed by atoms with Gasteiger partial charge in [0.2, 0.25) is 0 Å². The summed E-state index contributed by atoms with van der Waals surface area (Å²) >= 11 is 0. The molecule has 0 spiro atoms. The average Bonchev–Trinajstić information content (AvgIpc) is 2.52. The molecule has 2 heteroatoms. The van der Waals surface area contributed by atoms with Crippen molar-refractivity contribution in [2.45, 2.75) is 129 Å². The van der Waals surface area contributed by atoms with Crippen molar-refractivity contribution in [1.82, 2.24) is 0 Å². The van der Waals surface area contributed by atoms with E-state index in [0.29, 0.717) is 0 Å². The molecule has 2 nitrogen and oxygen atoms in total. The van der Waals surface area contributed by atoms with Gasteiger partial charge in [-0.25, -0.2) is 0 Å². The zero-order valence-corrected chi connectivity index (χ0v) is 15.4. The highest BCUT2D eigenvalue weighted by molar-refractivity contribution is 4.58. The van der Waals surface area contributed by atoms with Crippen LogP contribution in [0.4, 0.5) is 0 Å². The topological polar surface area (TPSA) is 40.5 Å². The molecule has 0 aromatic heterocycles. The van der Waals surface area contributed by atoms with Gasteiger partial charge in [0.05, 0.1) is 12.2 Å². The van der Waals surface area contributed by atoms with E-state index in [4.69, 9.17) is 0 Å². The lowest BCUT2D eigenvalue weighted by atomic mass is 10.0. The molecule has 0 saturated heterocycles. The van der Waals surface area contributed by atoms with Gasteiger partial charge in [-0.05, 0) is 25.7 Å². The molecule has 2 atom stereocenters. The van der Waals surface area contributed by atoms with Crippen LogP contribution >= 0.6 is 0 Å². The second-order valence-corrected chi connectivity index (χ2v) is 6.97. The Morgan fingerprint density at radius 1 is 0.500 bits per heavy atom. The summed E-state index contributed by atoms with van der Waals surface area (Å²) in [6.07, 6.45) is 19.0. The predicted octanol–water partition coefficient (Wildman–Crippen LogP) is 5.99. The lowest BCUT2D eigenvalue weighted by Crippen LogP contribution is -2.06. The zero-order chi connectivity index (χ0) is 16.5. The minimum Gasteiger partial charge on any atom is -0.393 e. The molecule has 0 radical (unpaired) electrons. The van der Waals surface area contributed by atoms with E-state index in [-0.39, 0.29) is 12.2 Å². The Labute approximate surface area is 139 Å². The van der Waals surface area contributed by atoms with Gasteiger partial charge in [-0.15, -0.1) is 0 Å². The molecule has 2 N–H and O–H groups in total. The molecule has 0 rings (SSSR count). The van der Waals surface area contributed by atoms with Crippen LogP contribution in [0, 0.1) is 0 Å². The Hall–Kier alpha value is -0.0800. The van der Waals surface area contributed by atoms with Crippen LogP contribution in [0.2, 0.25) is 0 Å². The van der Waals surface area contributed by atoms with Gasteiger partial charge in [-0.3, -0.25) is 0 Å². The highest BCUT2D eigenvalue weighted by Crippen LogP contribution is 2.14. The summed E-state index contributed by atoms with van der Waals surface area (Å²) in [5.74, 6) is 0. The average molecular weight is 315 g/mol. The summed E-state index contributed by atoms with van der Waals surface area (Å²) in [6.45, 7) is 4.29. The molecule has 0 aromatic carbocycles. The number of aliphatic hydroxyl groups is 2. The molecule has 0 saturated carbocycles. The summed E-state index contributed by atoms with van der Waals surface area (Å²) < 4.78 is 0. The van der Waals surface area contributed by atoms with Crippen LogP contribution in [-0.2, 0) is 0 Å². The molecule has 0 heterocycles. The fourth-order valence-electron chi connectivity index (χ4n) is 2.98. The summed E-state index contributed by atoms with van der Waals surface area (Å²) in [4.78, 5) is 0. The maximum Gasteiger partial charge on any atom is 0.0540 e. The lowest BCUT2D eigenvalue weighted by molar-refractivity contribution is 0.146. The van der Waals surface area contributed by atoms with Crippen LogP contribution in [-0.4, -0.2) is 22.4 Å². The lowest BCUT2D eigenvalue weighted by Gasteiger charge is -2.10. The van der Waals surface area contributed by atoms with E-state index in [0.717, 1.165) is 32.1 Å². The van der Waals surface area contributed by atoms with E-state index >= 15 is 0 Å². The van der Waals surface area contributed by atoms with E-state index in [1.54, 1.807) is 0 Å². The van der Waals surface area contributed by atoms with Crippen LogP contribution < -0.4 is 0 Å². The van der Waals surface area contributed by atoms with E-state index in [1.165, 1.54) is 70.6 Å². The van der Waals surface area contributed by atoms with Crippen LogP contribution in [0.5, 0.6) is 0 Å². The Bertz CT molecular complexity index is 206. The summed E-state index contributed by atoms with van der Waals surface area (Å²) in [5, 5.41) is 19.4. The van der Waals surface area contributed by atoms with Crippen molar-refractivity contribution in [3.05, 3.63) is 0 Å². The van der Waals surface area contributed by atoms with Gasteiger partial charge >= 0.3 is 0 Å². The number of unbranched alkanes of at least 4 members (excludes halogenated alkanes) is 10. The minimum atomic E-state index is -0.0860. The first kappa shape index (κ1) is 21.9. The first-order valence-electron chi connectivity index (χ1n) is 10.1. The standard InChI is InChI=1S/C20H42O2/c1-3-5-6-7-10-14-17-20(22)18-15-12-9-8-11-13-16-19(21)4-2/h19-22H,3-18H2,1-2H3. The Kier molecular flexibility index (Phi) is 17.2. The Morgan fingerprint density at radius 2 is 0.864 bits per heavy atom. The van der Waals surface area contributed by atoms with Crippen LogP contribution in [0.1, 0.15) is 117 Å². The van der Waals surface area contributed by atoms with E-state index in [2.05, 4.69) is 6.92 Å².